The highest BCUT2D eigenvalue weighted by atomic mass is 127. The molecule has 0 heterocycles. The Hall–Kier alpha value is -1.63. The second-order valence-corrected chi connectivity index (χ2v) is 4.73. The number of carbonyl (C=O) groups excluding carboxylic acids is 1. The molecule has 0 bridgehead atoms. The summed E-state index contributed by atoms with van der Waals surface area (Å²) in [6, 6.07) is 7.55. The largest absolute Gasteiger partial charge is 0.497 e. The summed E-state index contributed by atoms with van der Waals surface area (Å²) in [4.78, 5) is 15.3. The van der Waals surface area contributed by atoms with Crippen molar-refractivity contribution in [2.45, 2.75) is 6.54 Å². The van der Waals surface area contributed by atoms with Gasteiger partial charge in [0.1, 0.15) is 5.75 Å². The number of carbonyl (C=O) groups is 1. The second kappa shape index (κ2) is 8.47. The van der Waals surface area contributed by atoms with Crippen LogP contribution in [0.1, 0.15) is 5.56 Å². The summed E-state index contributed by atoms with van der Waals surface area (Å²) < 4.78 is 5.66. The Kier molecular flexibility index (Phi) is 6.88. The zero-order chi connectivity index (χ0) is 14.1. The van der Waals surface area contributed by atoms with Gasteiger partial charge in [-0.1, -0.05) is 12.1 Å². The molecular weight excluding hydrogens is 355 g/mol. The number of hydrogen-bond acceptors (Lipinski definition) is 3. The summed E-state index contributed by atoms with van der Waals surface area (Å²) in [5.41, 5.74) is 1.02. The van der Waals surface area contributed by atoms with Crippen LogP contribution in [0.2, 0.25) is 0 Å². The van der Waals surface area contributed by atoms with Gasteiger partial charge in [-0.3, -0.25) is 9.79 Å². The first-order chi connectivity index (χ1) is 9.17. The van der Waals surface area contributed by atoms with E-state index in [4.69, 9.17) is 4.74 Å². The summed E-state index contributed by atoms with van der Waals surface area (Å²) >= 11 is 1.98. The molecule has 1 rings (SSSR count). The van der Waals surface area contributed by atoms with Gasteiger partial charge in [-0.25, -0.2) is 0 Å². The van der Waals surface area contributed by atoms with E-state index in [2.05, 4.69) is 17.0 Å². The highest BCUT2D eigenvalue weighted by molar-refractivity contribution is 14.1. The fraction of sp³-hybridized carbons (Fsp3) is 0.143. The molecule has 0 fully saturated rings. The normalized spacial score (nSPS) is 11.4. The van der Waals surface area contributed by atoms with Crippen LogP contribution in [0.5, 0.6) is 5.75 Å². The molecule has 0 atom stereocenters. The van der Waals surface area contributed by atoms with Crippen LogP contribution in [-0.2, 0) is 11.3 Å². The van der Waals surface area contributed by atoms with Crippen LogP contribution < -0.4 is 10.1 Å². The average molecular weight is 370 g/mol. The molecule has 19 heavy (non-hydrogen) atoms. The smallest absolute Gasteiger partial charge is 0.257 e. The fourth-order valence-electron chi connectivity index (χ4n) is 1.27. The van der Waals surface area contributed by atoms with Gasteiger partial charge in [0.15, 0.2) is 0 Å². The Balaban J connectivity index is 2.51. The van der Waals surface area contributed by atoms with Gasteiger partial charge in [-0.15, -0.1) is 0 Å². The first-order valence-corrected chi connectivity index (χ1v) is 6.64. The third kappa shape index (κ3) is 5.69. The molecule has 4 nitrogen and oxygen atoms in total. The van der Waals surface area contributed by atoms with Crippen LogP contribution in [-0.4, -0.2) is 19.7 Å². The standard InChI is InChI=1S/C14H15IN2O2/c1-16-9-3-4-13(15)14(18)17-10-11-5-7-12(19-2)8-6-11/h3-9H,1,10H2,2H3,(H,17,18)/b9-3-,13-4-. The van der Waals surface area contributed by atoms with Gasteiger partial charge in [0.25, 0.3) is 5.91 Å². The van der Waals surface area contributed by atoms with Gasteiger partial charge in [0.05, 0.1) is 10.7 Å². The van der Waals surface area contributed by atoms with E-state index in [9.17, 15) is 4.79 Å². The van der Waals surface area contributed by atoms with Gasteiger partial charge in [-0.05, 0) is 59.2 Å². The van der Waals surface area contributed by atoms with E-state index in [1.54, 1.807) is 19.3 Å². The van der Waals surface area contributed by atoms with Crippen LogP contribution in [0.3, 0.4) is 0 Å². The lowest BCUT2D eigenvalue weighted by atomic mass is 10.2. The van der Waals surface area contributed by atoms with E-state index in [1.165, 1.54) is 6.20 Å². The first-order valence-electron chi connectivity index (χ1n) is 5.56. The maximum Gasteiger partial charge on any atom is 0.257 e. The van der Waals surface area contributed by atoms with E-state index in [1.807, 2.05) is 46.9 Å². The molecule has 0 radical (unpaired) electrons. The van der Waals surface area contributed by atoms with Crippen molar-refractivity contribution in [2.24, 2.45) is 4.99 Å². The lowest BCUT2D eigenvalue weighted by molar-refractivity contribution is -0.116. The molecule has 0 saturated heterocycles. The number of hydrogen-bond donors (Lipinski definition) is 1. The number of rotatable bonds is 6. The van der Waals surface area contributed by atoms with Crippen LogP contribution in [0.25, 0.3) is 0 Å². The van der Waals surface area contributed by atoms with E-state index in [0.29, 0.717) is 10.1 Å². The third-order valence-corrected chi connectivity index (χ3v) is 3.11. The number of nitrogens with one attached hydrogen (secondary N) is 1. The Bertz CT molecular complexity index is 493. The molecule has 100 valence electrons. The van der Waals surface area contributed by atoms with Crippen molar-refractivity contribution >= 4 is 35.2 Å². The minimum atomic E-state index is -0.120. The van der Waals surface area contributed by atoms with E-state index >= 15 is 0 Å². The molecular formula is C14H15IN2O2. The Morgan fingerprint density at radius 2 is 2.16 bits per heavy atom. The van der Waals surface area contributed by atoms with Crippen LogP contribution >= 0.6 is 22.6 Å². The van der Waals surface area contributed by atoms with Crippen molar-refractivity contribution < 1.29 is 9.53 Å². The predicted molar refractivity (Wildman–Crippen MR) is 85.6 cm³/mol. The average Bonchev–Trinajstić information content (AvgIpc) is 2.45. The highest BCUT2D eigenvalue weighted by Gasteiger charge is 2.04. The summed E-state index contributed by atoms with van der Waals surface area (Å²) in [7, 11) is 1.62. The molecule has 1 N–H and O–H groups in total. The van der Waals surface area contributed by atoms with E-state index < -0.39 is 0 Å². The van der Waals surface area contributed by atoms with Crippen molar-refractivity contribution in [3.05, 3.63) is 51.8 Å². The first kappa shape index (κ1) is 15.4. The topological polar surface area (TPSA) is 50.7 Å². The molecule has 1 amide bonds. The second-order valence-electron chi connectivity index (χ2n) is 3.57. The summed E-state index contributed by atoms with van der Waals surface area (Å²) in [6.07, 6.45) is 4.87. The highest BCUT2D eigenvalue weighted by Crippen LogP contribution is 2.11. The molecule has 0 aliphatic heterocycles. The quantitative estimate of drug-likeness (QED) is 0.362. The SMILES string of the molecule is C=N/C=C\C=C(/I)C(=O)NCc1ccc(OC)cc1. The molecule has 1 aromatic carbocycles. The van der Waals surface area contributed by atoms with Crippen LogP contribution in [0.15, 0.2) is 51.2 Å². The minimum absolute atomic E-state index is 0.120. The van der Waals surface area contributed by atoms with Crippen molar-refractivity contribution in [3.63, 3.8) is 0 Å². The number of benzene rings is 1. The Morgan fingerprint density at radius 3 is 2.74 bits per heavy atom. The number of halogens is 1. The zero-order valence-corrected chi connectivity index (χ0v) is 12.8. The lowest BCUT2D eigenvalue weighted by Crippen LogP contribution is -2.22. The molecule has 0 spiro atoms. The van der Waals surface area contributed by atoms with Crippen molar-refractivity contribution in [1.29, 1.82) is 0 Å². The number of methoxy groups -OCH3 is 1. The Morgan fingerprint density at radius 1 is 1.47 bits per heavy atom. The maximum absolute atomic E-state index is 11.7. The maximum atomic E-state index is 11.7. The van der Waals surface area contributed by atoms with E-state index in [-0.39, 0.29) is 5.91 Å². The summed E-state index contributed by atoms with van der Waals surface area (Å²) in [6.45, 7) is 3.79. The molecule has 0 saturated carbocycles. The Labute approximate surface area is 126 Å². The van der Waals surface area contributed by atoms with Crippen LogP contribution in [0, 0.1) is 0 Å². The lowest BCUT2D eigenvalue weighted by Gasteiger charge is -2.05. The number of ether oxygens (including phenoxy) is 1. The van der Waals surface area contributed by atoms with Gasteiger partial charge < -0.3 is 10.1 Å². The van der Waals surface area contributed by atoms with Crippen molar-refractivity contribution in [3.8, 4) is 5.75 Å². The molecule has 0 aromatic heterocycles. The molecule has 0 unspecified atom stereocenters. The monoisotopic (exact) mass is 370 g/mol. The van der Waals surface area contributed by atoms with Gasteiger partial charge in [0.2, 0.25) is 0 Å². The van der Waals surface area contributed by atoms with Gasteiger partial charge >= 0.3 is 0 Å². The number of nitrogens with zero attached hydrogens (tertiary/aromatic N) is 1. The van der Waals surface area contributed by atoms with Crippen molar-refractivity contribution in [2.75, 3.05) is 7.11 Å². The number of aliphatic imine (C=N–C) groups is 1. The van der Waals surface area contributed by atoms with Gasteiger partial charge in [0, 0.05) is 12.7 Å². The molecule has 1 aromatic rings. The number of amides is 1. The summed E-state index contributed by atoms with van der Waals surface area (Å²) in [5, 5.41) is 2.83. The minimum Gasteiger partial charge on any atom is -0.497 e. The number of allylic oxidation sites excluding steroid dienone is 2. The fourth-order valence-corrected chi connectivity index (χ4v) is 1.67. The van der Waals surface area contributed by atoms with Crippen LogP contribution in [0.4, 0.5) is 0 Å². The third-order valence-electron chi connectivity index (χ3n) is 2.26. The predicted octanol–water partition coefficient (Wildman–Crippen LogP) is 2.84. The van der Waals surface area contributed by atoms with E-state index in [0.717, 1.165) is 11.3 Å². The molecule has 0 aliphatic carbocycles. The zero-order valence-electron chi connectivity index (χ0n) is 10.6. The molecule has 5 heteroatoms. The van der Waals surface area contributed by atoms with Crippen molar-refractivity contribution in [1.82, 2.24) is 5.32 Å². The van der Waals surface area contributed by atoms with Gasteiger partial charge in [-0.2, -0.15) is 0 Å². The summed E-state index contributed by atoms with van der Waals surface area (Å²) in [5.74, 6) is 0.678. The molecule has 0 aliphatic rings.